The normalized spacial score (nSPS) is 32.5. The van der Waals surface area contributed by atoms with Gasteiger partial charge in [-0.15, -0.1) is 0 Å². The van der Waals surface area contributed by atoms with E-state index in [1.807, 2.05) is 0 Å². The molecule has 1 heterocycles. The van der Waals surface area contributed by atoms with E-state index in [1.54, 1.807) is 0 Å². The van der Waals surface area contributed by atoms with Crippen LogP contribution in [0.25, 0.3) is 0 Å². The lowest BCUT2D eigenvalue weighted by atomic mass is 9.95. The maximum absolute atomic E-state index is 5.34. The Kier molecular flexibility index (Phi) is 3.01. The minimum Gasteiger partial charge on any atom is -0.380 e. The number of rotatable bonds is 2. The SMILES string of the molecule is C1CCC(N[C@@H]2CCOC2)CC1. The highest BCUT2D eigenvalue weighted by Gasteiger charge is 2.20. The number of nitrogens with one attached hydrogen (secondary N) is 1. The van der Waals surface area contributed by atoms with Crippen LogP contribution in [0.1, 0.15) is 38.5 Å². The fourth-order valence-electron chi connectivity index (χ4n) is 2.27. The fourth-order valence-corrected chi connectivity index (χ4v) is 2.27. The van der Waals surface area contributed by atoms with Crippen molar-refractivity contribution in [2.45, 2.75) is 50.6 Å². The molecule has 1 aliphatic carbocycles. The van der Waals surface area contributed by atoms with E-state index >= 15 is 0 Å². The van der Waals surface area contributed by atoms with Crippen molar-refractivity contribution < 1.29 is 4.74 Å². The molecule has 1 atom stereocenters. The van der Waals surface area contributed by atoms with Crippen molar-refractivity contribution in [3.63, 3.8) is 0 Å². The summed E-state index contributed by atoms with van der Waals surface area (Å²) in [6, 6.07) is 1.46. The Balaban J connectivity index is 1.69. The van der Waals surface area contributed by atoms with Crippen LogP contribution in [0.2, 0.25) is 0 Å². The van der Waals surface area contributed by atoms with E-state index in [-0.39, 0.29) is 0 Å². The van der Waals surface area contributed by atoms with Gasteiger partial charge in [-0.05, 0) is 19.3 Å². The number of ether oxygens (including phenoxy) is 1. The summed E-state index contributed by atoms with van der Waals surface area (Å²) in [5.41, 5.74) is 0. The first-order valence-electron chi connectivity index (χ1n) is 5.29. The quantitative estimate of drug-likeness (QED) is 0.679. The summed E-state index contributed by atoms with van der Waals surface area (Å²) in [7, 11) is 0. The van der Waals surface area contributed by atoms with E-state index in [2.05, 4.69) is 5.32 Å². The zero-order valence-corrected chi connectivity index (χ0v) is 7.72. The van der Waals surface area contributed by atoms with Gasteiger partial charge in [0.05, 0.1) is 6.61 Å². The third-order valence-electron chi connectivity index (χ3n) is 3.01. The molecule has 2 aliphatic rings. The van der Waals surface area contributed by atoms with E-state index in [0.717, 1.165) is 19.3 Å². The van der Waals surface area contributed by atoms with Crippen LogP contribution < -0.4 is 5.32 Å². The predicted octanol–water partition coefficient (Wildman–Crippen LogP) is 1.70. The van der Waals surface area contributed by atoms with Crippen molar-refractivity contribution in [3.05, 3.63) is 0 Å². The summed E-state index contributed by atoms with van der Waals surface area (Å²) >= 11 is 0. The summed E-state index contributed by atoms with van der Waals surface area (Å²) in [6.07, 6.45) is 8.28. The molecule has 12 heavy (non-hydrogen) atoms. The first-order valence-corrected chi connectivity index (χ1v) is 5.29. The molecule has 70 valence electrons. The first kappa shape index (κ1) is 8.52. The van der Waals surface area contributed by atoms with E-state index < -0.39 is 0 Å². The van der Waals surface area contributed by atoms with E-state index in [9.17, 15) is 0 Å². The maximum Gasteiger partial charge on any atom is 0.0620 e. The molecule has 0 aromatic rings. The minimum absolute atomic E-state index is 0.660. The van der Waals surface area contributed by atoms with Gasteiger partial charge in [-0.25, -0.2) is 0 Å². The lowest BCUT2D eigenvalue weighted by Crippen LogP contribution is -2.39. The molecule has 0 amide bonds. The standard InChI is InChI=1S/C10H19NO/c1-2-4-9(5-3-1)11-10-6-7-12-8-10/h9-11H,1-8H2/t10-/m1/s1. The second-order valence-electron chi connectivity index (χ2n) is 4.06. The van der Waals surface area contributed by atoms with Gasteiger partial charge < -0.3 is 10.1 Å². The van der Waals surface area contributed by atoms with Crippen molar-refractivity contribution in [1.29, 1.82) is 0 Å². The minimum atomic E-state index is 0.660. The molecule has 1 N–H and O–H groups in total. The summed E-state index contributed by atoms with van der Waals surface area (Å²) in [6.45, 7) is 1.90. The van der Waals surface area contributed by atoms with Crippen LogP contribution >= 0.6 is 0 Å². The molecule has 0 spiro atoms. The molecule has 1 saturated heterocycles. The summed E-state index contributed by atoms with van der Waals surface area (Å²) in [4.78, 5) is 0. The third-order valence-corrected chi connectivity index (χ3v) is 3.01. The van der Waals surface area contributed by atoms with E-state index in [0.29, 0.717) is 6.04 Å². The average Bonchev–Trinajstić information content (AvgIpc) is 2.59. The Morgan fingerprint density at radius 1 is 0.917 bits per heavy atom. The Bertz CT molecular complexity index is 126. The molecule has 2 rings (SSSR count). The molecule has 2 heteroatoms. The smallest absolute Gasteiger partial charge is 0.0620 e. The highest BCUT2D eigenvalue weighted by molar-refractivity contribution is 4.79. The van der Waals surface area contributed by atoms with Gasteiger partial charge in [0.2, 0.25) is 0 Å². The molecular formula is C10H19NO. The lowest BCUT2D eigenvalue weighted by molar-refractivity contribution is 0.185. The van der Waals surface area contributed by atoms with Crippen LogP contribution in [0.4, 0.5) is 0 Å². The van der Waals surface area contributed by atoms with E-state index in [1.165, 1.54) is 38.5 Å². The molecule has 0 aromatic carbocycles. The van der Waals surface area contributed by atoms with Gasteiger partial charge >= 0.3 is 0 Å². The van der Waals surface area contributed by atoms with Crippen LogP contribution in [-0.2, 0) is 4.74 Å². The Labute approximate surface area is 74.7 Å². The molecule has 0 radical (unpaired) electrons. The van der Waals surface area contributed by atoms with Gasteiger partial charge in [0.25, 0.3) is 0 Å². The van der Waals surface area contributed by atoms with Crippen LogP contribution in [-0.4, -0.2) is 25.3 Å². The molecule has 0 bridgehead atoms. The lowest BCUT2D eigenvalue weighted by Gasteiger charge is -2.25. The Hall–Kier alpha value is -0.0800. The fraction of sp³-hybridized carbons (Fsp3) is 1.00. The van der Waals surface area contributed by atoms with Gasteiger partial charge in [-0.2, -0.15) is 0 Å². The number of hydrogen-bond donors (Lipinski definition) is 1. The van der Waals surface area contributed by atoms with Crippen molar-refractivity contribution >= 4 is 0 Å². The van der Waals surface area contributed by atoms with Gasteiger partial charge in [0.1, 0.15) is 0 Å². The van der Waals surface area contributed by atoms with Crippen LogP contribution in [0.3, 0.4) is 0 Å². The van der Waals surface area contributed by atoms with Gasteiger partial charge in [0.15, 0.2) is 0 Å². The number of hydrogen-bond acceptors (Lipinski definition) is 2. The molecule has 1 aliphatic heterocycles. The highest BCUT2D eigenvalue weighted by Crippen LogP contribution is 2.18. The molecule has 2 fully saturated rings. The first-order chi connectivity index (χ1) is 5.95. The second kappa shape index (κ2) is 4.24. The van der Waals surface area contributed by atoms with Crippen molar-refractivity contribution in [1.82, 2.24) is 5.32 Å². The van der Waals surface area contributed by atoms with Crippen molar-refractivity contribution in [2.75, 3.05) is 13.2 Å². The van der Waals surface area contributed by atoms with Crippen LogP contribution in [0.5, 0.6) is 0 Å². The molecule has 2 nitrogen and oxygen atoms in total. The maximum atomic E-state index is 5.34. The largest absolute Gasteiger partial charge is 0.380 e. The average molecular weight is 169 g/mol. The van der Waals surface area contributed by atoms with E-state index in [4.69, 9.17) is 4.74 Å². The van der Waals surface area contributed by atoms with Gasteiger partial charge in [0, 0.05) is 18.7 Å². The summed E-state index contributed by atoms with van der Waals surface area (Å²) < 4.78 is 5.34. The van der Waals surface area contributed by atoms with Crippen molar-refractivity contribution in [2.24, 2.45) is 0 Å². The van der Waals surface area contributed by atoms with Crippen LogP contribution in [0.15, 0.2) is 0 Å². The Morgan fingerprint density at radius 3 is 2.42 bits per heavy atom. The van der Waals surface area contributed by atoms with Gasteiger partial charge in [-0.1, -0.05) is 19.3 Å². The zero-order valence-electron chi connectivity index (χ0n) is 7.72. The monoisotopic (exact) mass is 169 g/mol. The third kappa shape index (κ3) is 2.20. The Morgan fingerprint density at radius 2 is 1.75 bits per heavy atom. The van der Waals surface area contributed by atoms with Gasteiger partial charge in [-0.3, -0.25) is 0 Å². The molecule has 0 aromatic heterocycles. The highest BCUT2D eigenvalue weighted by atomic mass is 16.5. The molecule has 0 unspecified atom stereocenters. The summed E-state index contributed by atoms with van der Waals surface area (Å²) in [5, 5.41) is 3.69. The second-order valence-corrected chi connectivity index (χ2v) is 4.06. The molecular weight excluding hydrogens is 150 g/mol. The van der Waals surface area contributed by atoms with Crippen LogP contribution in [0, 0.1) is 0 Å². The molecule has 1 saturated carbocycles. The zero-order chi connectivity index (χ0) is 8.23. The predicted molar refractivity (Wildman–Crippen MR) is 49.2 cm³/mol. The van der Waals surface area contributed by atoms with Crippen molar-refractivity contribution in [3.8, 4) is 0 Å². The topological polar surface area (TPSA) is 21.3 Å². The summed E-state index contributed by atoms with van der Waals surface area (Å²) in [5.74, 6) is 0.